The fourth-order valence-corrected chi connectivity index (χ4v) is 4.93. The van der Waals surface area contributed by atoms with Crippen LogP contribution in [0, 0.1) is 11.3 Å². The van der Waals surface area contributed by atoms with Crippen LogP contribution in [0.2, 0.25) is 0 Å². The second-order valence-corrected chi connectivity index (χ2v) is 8.88. The summed E-state index contributed by atoms with van der Waals surface area (Å²) in [6.07, 6.45) is 0.582. The minimum absolute atomic E-state index is 0.129. The van der Waals surface area contributed by atoms with E-state index in [1.807, 2.05) is 6.07 Å². The van der Waals surface area contributed by atoms with Crippen LogP contribution in [0.25, 0.3) is 0 Å². The predicted molar refractivity (Wildman–Crippen MR) is 107 cm³/mol. The van der Waals surface area contributed by atoms with Gasteiger partial charge in [0.2, 0.25) is 10.0 Å². The maximum atomic E-state index is 12.5. The van der Waals surface area contributed by atoms with Crippen molar-refractivity contribution in [2.45, 2.75) is 13.3 Å². The zero-order valence-electron chi connectivity index (χ0n) is 15.0. The highest BCUT2D eigenvalue weighted by molar-refractivity contribution is 9.10. The lowest BCUT2D eigenvalue weighted by Gasteiger charge is -2.17. The third-order valence-corrected chi connectivity index (χ3v) is 6.58. The summed E-state index contributed by atoms with van der Waals surface area (Å²) in [5.41, 5.74) is 1.15. The molecule has 0 unspecified atom stereocenters. The Balaban J connectivity index is 1.83. The molecular weight excluding hydrogens is 448 g/mol. The SMILES string of the molecule is CCOc1cc(C#N)cc(Br)c1OC(=O)c1ccc(N2CCCS2(=O)=O)cc1. The van der Waals surface area contributed by atoms with E-state index in [1.165, 1.54) is 28.6 Å². The molecule has 0 aliphatic carbocycles. The van der Waals surface area contributed by atoms with Gasteiger partial charge in [-0.3, -0.25) is 4.31 Å². The molecule has 1 fully saturated rings. The summed E-state index contributed by atoms with van der Waals surface area (Å²) in [5, 5.41) is 9.08. The molecule has 0 N–H and O–H groups in total. The fourth-order valence-electron chi connectivity index (χ4n) is 2.84. The van der Waals surface area contributed by atoms with Crippen LogP contribution in [0.5, 0.6) is 11.5 Å². The monoisotopic (exact) mass is 464 g/mol. The van der Waals surface area contributed by atoms with Crippen molar-refractivity contribution in [3.8, 4) is 17.6 Å². The lowest BCUT2D eigenvalue weighted by Crippen LogP contribution is -2.25. The van der Waals surface area contributed by atoms with Gasteiger partial charge in [0.05, 0.1) is 39.7 Å². The van der Waals surface area contributed by atoms with Crippen molar-refractivity contribution >= 4 is 37.6 Å². The third-order valence-electron chi connectivity index (χ3n) is 4.12. The molecule has 0 atom stereocenters. The molecular formula is C19H17BrN2O5S. The summed E-state index contributed by atoms with van der Waals surface area (Å²) in [4.78, 5) is 12.5. The molecule has 2 aromatic rings. The van der Waals surface area contributed by atoms with Crippen molar-refractivity contribution < 1.29 is 22.7 Å². The Kier molecular flexibility index (Phi) is 5.91. The zero-order valence-corrected chi connectivity index (χ0v) is 17.4. The van der Waals surface area contributed by atoms with Gasteiger partial charge in [-0.25, -0.2) is 13.2 Å². The third kappa shape index (κ3) is 4.13. The first-order valence-electron chi connectivity index (χ1n) is 8.55. The van der Waals surface area contributed by atoms with Crippen molar-refractivity contribution in [1.29, 1.82) is 5.26 Å². The second kappa shape index (κ2) is 8.20. The van der Waals surface area contributed by atoms with E-state index in [2.05, 4.69) is 15.9 Å². The number of halogens is 1. The first-order chi connectivity index (χ1) is 13.4. The van der Waals surface area contributed by atoms with Crippen LogP contribution in [0.4, 0.5) is 5.69 Å². The number of ether oxygens (including phenoxy) is 2. The molecule has 1 aliphatic rings. The van der Waals surface area contributed by atoms with Gasteiger partial charge in [-0.15, -0.1) is 0 Å². The Morgan fingerprint density at radius 2 is 2.00 bits per heavy atom. The Morgan fingerprint density at radius 3 is 2.57 bits per heavy atom. The van der Waals surface area contributed by atoms with Crippen LogP contribution in [-0.2, 0) is 10.0 Å². The number of sulfonamides is 1. The van der Waals surface area contributed by atoms with Gasteiger partial charge >= 0.3 is 5.97 Å². The van der Waals surface area contributed by atoms with E-state index in [9.17, 15) is 13.2 Å². The number of anilines is 1. The van der Waals surface area contributed by atoms with Crippen molar-refractivity contribution in [2.24, 2.45) is 0 Å². The Labute approximate surface area is 171 Å². The van der Waals surface area contributed by atoms with Gasteiger partial charge < -0.3 is 9.47 Å². The van der Waals surface area contributed by atoms with E-state index >= 15 is 0 Å². The van der Waals surface area contributed by atoms with Gasteiger partial charge in [0, 0.05) is 12.6 Å². The Bertz CT molecular complexity index is 1050. The van der Waals surface area contributed by atoms with E-state index in [1.54, 1.807) is 19.1 Å². The van der Waals surface area contributed by atoms with Gasteiger partial charge in [0.15, 0.2) is 11.5 Å². The first kappa shape index (κ1) is 20.2. The molecule has 1 aliphatic heterocycles. The number of rotatable bonds is 5. The standard InChI is InChI=1S/C19H17BrN2O5S/c1-2-26-17-11-13(12-21)10-16(20)18(17)27-19(23)14-4-6-15(7-5-14)22-8-3-9-28(22,24)25/h4-7,10-11H,2-3,8-9H2,1H3. The maximum Gasteiger partial charge on any atom is 0.343 e. The van der Waals surface area contributed by atoms with Crippen LogP contribution < -0.4 is 13.8 Å². The van der Waals surface area contributed by atoms with Gasteiger partial charge in [-0.2, -0.15) is 5.26 Å². The summed E-state index contributed by atoms with van der Waals surface area (Å²) in [6.45, 7) is 2.55. The quantitative estimate of drug-likeness (QED) is 0.496. The number of hydrogen-bond acceptors (Lipinski definition) is 6. The molecule has 1 saturated heterocycles. The van der Waals surface area contributed by atoms with Gasteiger partial charge in [0.25, 0.3) is 0 Å². The van der Waals surface area contributed by atoms with Crippen LogP contribution in [0.3, 0.4) is 0 Å². The van der Waals surface area contributed by atoms with Crippen molar-refractivity contribution in [3.05, 3.63) is 52.0 Å². The fraction of sp³-hybridized carbons (Fsp3) is 0.263. The summed E-state index contributed by atoms with van der Waals surface area (Å²) >= 11 is 3.30. The minimum atomic E-state index is -3.28. The van der Waals surface area contributed by atoms with E-state index in [0.717, 1.165) is 0 Å². The van der Waals surface area contributed by atoms with Crippen molar-refractivity contribution in [1.82, 2.24) is 0 Å². The van der Waals surface area contributed by atoms with E-state index < -0.39 is 16.0 Å². The number of carbonyl (C=O) groups excluding carboxylic acids is 1. The van der Waals surface area contributed by atoms with Gasteiger partial charge in [-0.05, 0) is 59.6 Å². The molecule has 0 saturated carbocycles. The number of esters is 1. The first-order valence-corrected chi connectivity index (χ1v) is 10.9. The molecule has 3 rings (SSSR count). The highest BCUT2D eigenvalue weighted by Crippen LogP contribution is 2.37. The highest BCUT2D eigenvalue weighted by atomic mass is 79.9. The van der Waals surface area contributed by atoms with E-state index in [-0.39, 0.29) is 22.8 Å². The van der Waals surface area contributed by atoms with Crippen molar-refractivity contribution in [3.63, 3.8) is 0 Å². The van der Waals surface area contributed by atoms with Crippen LogP contribution in [-0.4, -0.2) is 33.3 Å². The van der Waals surface area contributed by atoms with Crippen LogP contribution in [0.15, 0.2) is 40.9 Å². The Morgan fingerprint density at radius 1 is 1.29 bits per heavy atom. The second-order valence-electron chi connectivity index (χ2n) is 6.01. The molecule has 1 heterocycles. The molecule has 2 aromatic carbocycles. The molecule has 7 nitrogen and oxygen atoms in total. The molecule has 0 amide bonds. The highest BCUT2D eigenvalue weighted by Gasteiger charge is 2.28. The molecule has 0 radical (unpaired) electrons. The summed E-state index contributed by atoms with van der Waals surface area (Å²) in [5.74, 6) is -0.0372. The molecule has 28 heavy (non-hydrogen) atoms. The number of benzene rings is 2. The molecule has 9 heteroatoms. The molecule has 0 bridgehead atoms. The summed E-state index contributed by atoms with van der Waals surface area (Å²) in [6, 6.07) is 11.2. The van der Waals surface area contributed by atoms with Gasteiger partial charge in [0.1, 0.15) is 0 Å². The molecule has 0 aromatic heterocycles. The van der Waals surface area contributed by atoms with E-state index in [4.69, 9.17) is 14.7 Å². The normalized spacial score (nSPS) is 15.1. The number of carbonyl (C=O) groups is 1. The molecule has 0 spiro atoms. The average molecular weight is 465 g/mol. The van der Waals surface area contributed by atoms with Crippen molar-refractivity contribution in [2.75, 3.05) is 23.2 Å². The summed E-state index contributed by atoms with van der Waals surface area (Å²) < 4.78 is 36.7. The number of hydrogen-bond donors (Lipinski definition) is 0. The zero-order chi connectivity index (χ0) is 20.3. The number of nitrogens with zero attached hydrogens (tertiary/aromatic N) is 2. The number of nitriles is 1. The van der Waals surface area contributed by atoms with Gasteiger partial charge in [-0.1, -0.05) is 0 Å². The smallest absolute Gasteiger partial charge is 0.343 e. The largest absolute Gasteiger partial charge is 0.490 e. The maximum absolute atomic E-state index is 12.5. The average Bonchev–Trinajstić information content (AvgIpc) is 3.03. The molecule has 146 valence electrons. The van der Waals surface area contributed by atoms with Crippen LogP contribution in [0.1, 0.15) is 29.3 Å². The lowest BCUT2D eigenvalue weighted by molar-refractivity contribution is 0.0727. The topological polar surface area (TPSA) is 96.7 Å². The predicted octanol–water partition coefficient (Wildman–Crippen LogP) is 3.48. The van der Waals surface area contributed by atoms with E-state index in [0.29, 0.717) is 35.3 Å². The lowest BCUT2D eigenvalue weighted by atomic mass is 10.2. The summed E-state index contributed by atoms with van der Waals surface area (Å²) in [7, 11) is -3.28. The van der Waals surface area contributed by atoms with Crippen LogP contribution >= 0.6 is 15.9 Å². The minimum Gasteiger partial charge on any atom is -0.490 e. The Hall–Kier alpha value is -2.57.